The maximum Gasteiger partial charge on any atom is 0.348 e. The van der Waals surface area contributed by atoms with Crippen LogP contribution in [0.25, 0.3) is 0 Å². The van der Waals surface area contributed by atoms with Crippen LogP contribution < -0.4 is 0 Å². The normalized spacial score (nSPS) is 19.5. The molecular weight excluding hydrogens is 408 g/mol. The maximum atomic E-state index is 12.6. The Morgan fingerprint density at radius 3 is 2.65 bits per heavy atom. The highest BCUT2D eigenvalue weighted by molar-refractivity contribution is 7.13. The molecule has 1 N–H and O–H groups in total. The van der Waals surface area contributed by atoms with E-state index in [9.17, 15) is 14.7 Å². The molecule has 5 heteroatoms. The van der Waals surface area contributed by atoms with E-state index >= 15 is 0 Å². The van der Waals surface area contributed by atoms with Gasteiger partial charge in [-0.1, -0.05) is 50.5 Å². The molecule has 1 aromatic heterocycles. The topological polar surface area (TPSA) is 63.6 Å². The summed E-state index contributed by atoms with van der Waals surface area (Å²) in [5.41, 5.74) is 2.18. The first kappa shape index (κ1) is 23.7. The quantitative estimate of drug-likeness (QED) is 0.331. The van der Waals surface area contributed by atoms with E-state index in [1.807, 2.05) is 24.3 Å². The molecule has 4 nitrogen and oxygen atoms in total. The van der Waals surface area contributed by atoms with Crippen LogP contribution in [0.15, 0.2) is 36.4 Å². The first-order valence-corrected chi connectivity index (χ1v) is 12.3. The number of hydrogen-bond acceptors (Lipinski definition) is 5. The van der Waals surface area contributed by atoms with Gasteiger partial charge in [0.15, 0.2) is 0 Å². The number of thiophene rings is 1. The average Bonchev–Trinajstić information content (AvgIpc) is 3.40. The summed E-state index contributed by atoms with van der Waals surface area (Å²) in [4.78, 5) is 26.0. The summed E-state index contributed by atoms with van der Waals surface area (Å²) < 4.78 is 4.77. The molecule has 168 valence electrons. The number of hydrogen-bond donors (Lipinski definition) is 1. The van der Waals surface area contributed by atoms with Crippen LogP contribution in [-0.2, 0) is 16.0 Å². The molecule has 1 unspecified atom stereocenters. The number of methoxy groups -OCH3 is 1. The van der Waals surface area contributed by atoms with Crippen LogP contribution in [0.3, 0.4) is 0 Å². The zero-order valence-corrected chi connectivity index (χ0v) is 19.5. The van der Waals surface area contributed by atoms with Crippen molar-refractivity contribution < 1.29 is 19.4 Å². The van der Waals surface area contributed by atoms with Crippen LogP contribution in [0.5, 0.6) is 0 Å². The maximum absolute atomic E-state index is 12.6. The minimum Gasteiger partial charge on any atom is -0.465 e. The fourth-order valence-corrected chi connectivity index (χ4v) is 5.58. The smallest absolute Gasteiger partial charge is 0.348 e. The molecule has 0 spiro atoms. The van der Waals surface area contributed by atoms with Gasteiger partial charge in [0.2, 0.25) is 0 Å². The van der Waals surface area contributed by atoms with Gasteiger partial charge in [-0.15, -0.1) is 11.3 Å². The molecule has 2 aromatic rings. The molecule has 0 saturated heterocycles. The van der Waals surface area contributed by atoms with Crippen LogP contribution in [0.4, 0.5) is 0 Å². The van der Waals surface area contributed by atoms with Crippen LogP contribution in [0.1, 0.15) is 96.0 Å². The van der Waals surface area contributed by atoms with E-state index < -0.39 is 6.10 Å². The predicted octanol–water partition coefficient (Wildman–Crippen LogP) is 6.23. The number of carbonyl (C=O) groups is 2. The van der Waals surface area contributed by atoms with Crippen molar-refractivity contribution in [3.8, 4) is 0 Å². The van der Waals surface area contributed by atoms with Gasteiger partial charge in [0, 0.05) is 17.2 Å². The second-order valence-electron chi connectivity index (χ2n) is 8.55. The van der Waals surface area contributed by atoms with Crippen molar-refractivity contribution in [1.82, 2.24) is 0 Å². The van der Waals surface area contributed by atoms with Gasteiger partial charge in [0.1, 0.15) is 10.7 Å². The summed E-state index contributed by atoms with van der Waals surface area (Å²) in [5, 5.41) is 10.4. The van der Waals surface area contributed by atoms with E-state index in [-0.39, 0.29) is 17.8 Å². The molecule has 1 saturated carbocycles. The Morgan fingerprint density at radius 1 is 1.16 bits per heavy atom. The Labute approximate surface area is 189 Å². The van der Waals surface area contributed by atoms with Crippen molar-refractivity contribution in [2.45, 2.75) is 76.7 Å². The summed E-state index contributed by atoms with van der Waals surface area (Å²) in [6, 6.07) is 12.1. The van der Waals surface area contributed by atoms with E-state index in [1.54, 1.807) is 0 Å². The molecule has 1 fully saturated rings. The number of carbonyl (C=O) groups excluding carboxylic acids is 2. The van der Waals surface area contributed by atoms with Crippen LogP contribution in [0.2, 0.25) is 0 Å². The van der Waals surface area contributed by atoms with Gasteiger partial charge in [0.25, 0.3) is 0 Å². The number of aryl methyl sites for hydroxylation is 1. The van der Waals surface area contributed by atoms with E-state index in [1.165, 1.54) is 24.0 Å². The monoisotopic (exact) mass is 442 g/mol. The highest BCUT2D eigenvalue weighted by Gasteiger charge is 2.35. The largest absolute Gasteiger partial charge is 0.465 e. The van der Waals surface area contributed by atoms with Crippen molar-refractivity contribution in [3.05, 3.63) is 57.3 Å². The van der Waals surface area contributed by atoms with E-state index in [4.69, 9.17) is 4.74 Å². The van der Waals surface area contributed by atoms with Gasteiger partial charge in [-0.05, 0) is 61.3 Å². The third-order valence-electron chi connectivity index (χ3n) is 6.42. The summed E-state index contributed by atoms with van der Waals surface area (Å²) >= 11 is 1.47. The van der Waals surface area contributed by atoms with Crippen LogP contribution >= 0.6 is 11.3 Å². The Morgan fingerprint density at radius 2 is 1.94 bits per heavy atom. The summed E-state index contributed by atoms with van der Waals surface area (Å²) in [6.07, 6.45) is 8.00. The van der Waals surface area contributed by atoms with Crippen molar-refractivity contribution >= 4 is 23.1 Å². The van der Waals surface area contributed by atoms with E-state index in [2.05, 4.69) is 19.1 Å². The summed E-state index contributed by atoms with van der Waals surface area (Å²) in [5.74, 6) is 0.421. The molecule has 0 aliphatic heterocycles. The zero-order valence-electron chi connectivity index (χ0n) is 18.6. The molecule has 1 heterocycles. The highest BCUT2D eigenvalue weighted by Crippen LogP contribution is 2.40. The lowest BCUT2D eigenvalue weighted by Crippen LogP contribution is -2.14. The summed E-state index contributed by atoms with van der Waals surface area (Å²) in [7, 11) is 1.40. The standard InChI is InChI=1S/C26H34O4S/c1-3-4-5-9-23(27)19-12-10-18(11-13-19)21-15-16-24(28)22(21)8-6-7-20-14-17-25(31-20)26(29)30-2/h10-14,17,21-23,27H,3-9,15-16H2,1-2H3/t21-,22-,23?/m1/s1. The van der Waals surface area contributed by atoms with E-state index in [0.29, 0.717) is 17.1 Å². The molecule has 1 aliphatic rings. The van der Waals surface area contributed by atoms with Gasteiger partial charge in [-0.25, -0.2) is 4.79 Å². The predicted molar refractivity (Wildman–Crippen MR) is 125 cm³/mol. The third kappa shape index (κ3) is 6.27. The Kier molecular flexibility index (Phi) is 8.85. The SMILES string of the molecule is CCCCCC(O)c1ccc([C@H]2CCC(=O)[C@@H]2CCCc2ccc(C(=O)OC)s2)cc1. The molecule has 31 heavy (non-hydrogen) atoms. The lowest BCUT2D eigenvalue weighted by molar-refractivity contribution is -0.121. The minimum atomic E-state index is -0.401. The number of ether oxygens (including phenoxy) is 1. The van der Waals surface area contributed by atoms with Gasteiger partial charge >= 0.3 is 5.97 Å². The lowest BCUT2D eigenvalue weighted by atomic mass is 9.84. The average molecular weight is 443 g/mol. The van der Waals surface area contributed by atoms with Gasteiger partial charge in [0.05, 0.1) is 13.2 Å². The number of unbranched alkanes of at least 4 members (excludes halogenated alkanes) is 2. The van der Waals surface area contributed by atoms with Crippen LogP contribution in [-0.4, -0.2) is 24.0 Å². The number of aliphatic hydroxyl groups is 1. The molecule has 0 amide bonds. The Balaban J connectivity index is 1.55. The molecule has 3 atom stereocenters. The molecule has 3 rings (SSSR count). The van der Waals surface area contributed by atoms with Gasteiger partial charge in [-0.3, -0.25) is 4.79 Å². The molecule has 1 aliphatic carbocycles. The second kappa shape index (κ2) is 11.6. The van der Waals surface area contributed by atoms with Gasteiger partial charge < -0.3 is 9.84 Å². The number of esters is 1. The molecule has 0 radical (unpaired) electrons. The minimum absolute atomic E-state index is 0.0698. The number of Topliss-reactive ketones (excluding diaryl/α,β-unsaturated/α-hetero) is 1. The number of rotatable bonds is 11. The third-order valence-corrected chi connectivity index (χ3v) is 7.54. The highest BCUT2D eigenvalue weighted by atomic mass is 32.1. The van der Waals surface area contributed by atoms with Crippen molar-refractivity contribution in [3.63, 3.8) is 0 Å². The molecule has 0 bridgehead atoms. The lowest BCUT2D eigenvalue weighted by Gasteiger charge is -2.20. The van der Waals surface area contributed by atoms with Crippen molar-refractivity contribution in [2.24, 2.45) is 5.92 Å². The van der Waals surface area contributed by atoms with Crippen LogP contribution in [0, 0.1) is 5.92 Å². The fourth-order valence-electron chi connectivity index (χ4n) is 4.61. The van der Waals surface area contributed by atoms with Crippen molar-refractivity contribution in [2.75, 3.05) is 7.11 Å². The second-order valence-corrected chi connectivity index (χ2v) is 9.71. The molecular formula is C26H34O4S. The number of aliphatic hydroxyl groups excluding tert-OH is 1. The zero-order chi connectivity index (χ0) is 22.2. The van der Waals surface area contributed by atoms with E-state index in [0.717, 1.165) is 61.8 Å². The Bertz CT molecular complexity index is 855. The first-order chi connectivity index (χ1) is 15.0. The Hall–Kier alpha value is -1.98. The van der Waals surface area contributed by atoms with Gasteiger partial charge in [-0.2, -0.15) is 0 Å². The molecule has 1 aromatic carbocycles. The summed E-state index contributed by atoms with van der Waals surface area (Å²) in [6.45, 7) is 2.17. The number of benzene rings is 1. The number of ketones is 1. The first-order valence-electron chi connectivity index (χ1n) is 11.5. The fraction of sp³-hybridized carbons (Fsp3) is 0.538. The van der Waals surface area contributed by atoms with Crippen molar-refractivity contribution in [1.29, 1.82) is 0 Å².